The van der Waals surface area contributed by atoms with E-state index >= 15 is 0 Å². The highest BCUT2D eigenvalue weighted by Crippen LogP contribution is 2.17. The van der Waals surface area contributed by atoms with Gasteiger partial charge in [0.05, 0.1) is 11.1 Å². The van der Waals surface area contributed by atoms with Crippen LogP contribution in [0.15, 0.2) is 24.5 Å². The van der Waals surface area contributed by atoms with Gasteiger partial charge in [-0.15, -0.1) is 11.3 Å². The number of rotatable bonds is 6. The third-order valence-corrected chi connectivity index (χ3v) is 4.23. The quantitative estimate of drug-likeness (QED) is 0.770. The number of carbonyl (C=O) groups excluding carboxylic acids is 2. The lowest BCUT2D eigenvalue weighted by Gasteiger charge is -2.15. The Labute approximate surface area is 128 Å². The van der Waals surface area contributed by atoms with Gasteiger partial charge in [-0.3, -0.25) is 14.3 Å². The van der Waals surface area contributed by atoms with E-state index in [9.17, 15) is 9.59 Å². The Morgan fingerprint density at radius 1 is 1.33 bits per heavy atom. The Morgan fingerprint density at radius 2 is 2.10 bits per heavy atom. The normalized spacial score (nSPS) is 10.6. The molecule has 112 valence electrons. The van der Waals surface area contributed by atoms with Gasteiger partial charge in [-0.2, -0.15) is 5.10 Å². The van der Waals surface area contributed by atoms with Crippen LogP contribution in [0, 0.1) is 6.92 Å². The fourth-order valence-corrected chi connectivity index (χ4v) is 2.87. The van der Waals surface area contributed by atoms with Gasteiger partial charge in [-0.05, 0) is 19.1 Å². The second kappa shape index (κ2) is 6.67. The van der Waals surface area contributed by atoms with E-state index in [1.54, 1.807) is 22.8 Å². The molecule has 21 heavy (non-hydrogen) atoms. The molecule has 0 saturated carbocycles. The van der Waals surface area contributed by atoms with Crippen molar-refractivity contribution in [2.45, 2.75) is 26.3 Å². The largest absolute Gasteiger partial charge is 0.341 e. The van der Waals surface area contributed by atoms with Crippen molar-refractivity contribution >= 4 is 23.0 Å². The van der Waals surface area contributed by atoms with Gasteiger partial charge in [-0.1, -0.05) is 0 Å². The van der Waals surface area contributed by atoms with Crippen molar-refractivity contribution in [2.75, 3.05) is 7.05 Å². The molecule has 2 rings (SSSR count). The minimum Gasteiger partial charge on any atom is -0.341 e. The number of hydrogen-bond donors (Lipinski definition) is 0. The lowest BCUT2D eigenvalue weighted by atomic mass is 10.2. The van der Waals surface area contributed by atoms with Crippen LogP contribution in [0.4, 0.5) is 0 Å². The van der Waals surface area contributed by atoms with Crippen molar-refractivity contribution in [3.8, 4) is 0 Å². The molecule has 1 amide bonds. The lowest BCUT2D eigenvalue weighted by Crippen LogP contribution is -2.26. The maximum Gasteiger partial charge on any atom is 0.223 e. The molecule has 0 N–H and O–H groups in total. The molecule has 0 aliphatic rings. The molecular weight excluding hydrogens is 286 g/mol. The highest BCUT2D eigenvalue weighted by Gasteiger charge is 2.14. The molecule has 0 radical (unpaired) electrons. The van der Waals surface area contributed by atoms with E-state index in [0.29, 0.717) is 6.54 Å². The standard InChI is InChI=1S/C15H19N3O2S/c1-11-4-6-14(21-11)13(19)5-7-15(20)17(2)9-12-8-16-18(3)10-12/h4,6,8,10H,5,7,9H2,1-3H3. The summed E-state index contributed by atoms with van der Waals surface area (Å²) in [6, 6.07) is 3.75. The summed E-state index contributed by atoms with van der Waals surface area (Å²) in [5.74, 6) is 0.0108. The summed E-state index contributed by atoms with van der Waals surface area (Å²) >= 11 is 1.48. The molecule has 0 bridgehead atoms. The Morgan fingerprint density at radius 3 is 2.67 bits per heavy atom. The fourth-order valence-electron chi connectivity index (χ4n) is 2.03. The number of aromatic nitrogens is 2. The topological polar surface area (TPSA) is 55.2 Å². The first-order valence-corrected chi connectivity index (χ1v) is 7.58. The van der Waals surface area contributed by atoms with E-state index in [-0.39, 0.29) is 24.5 Å². The first-order valence-electron chi connectivity index (χ1n) is 6.77. The lowest BCUT2D eigenvalue weighted by molar-refractivity contribution is -0.130. The van der Waals surface area contributed by atoms with Crippen LogP contribution in [0.1, 0.15) is 33.0 Å². The summed E-state index contributed by atoms with van der Waals surface area (Å²) in [5, 5.41) is 4.07. The average molecular weight is 305 g/mol. The maximum absolute atomic E-state index is 12.0. The monoisotopic (exact) mass is 305 g/mol. The van der Waals surface area contributed by atoms with Crippen LogP contribution < -0.4 is 0 Å². The molecule has 0 saturated heterocycles. The SMILES string of the molecule is Cc1ccc(C(=O)CCC(=O)N(C)Cc2cnn(C)c2)s1. The average Bonchev–Trinajstić information content (AvgIpc) is 3.04. The molecule has 0 aliphatic heterocycles. The van der Waals surface area contributed by atoms with Gasteiger partial charge in [0.15, 0.2) is 5.78 Å². The smallest absolute Gasteiger partial charge is 0.223 e. The molecule has 0 spiro atoms. The van der Waals surface area contributed by atoms with Crippen LogP contribution in [-0.4, -0.2) is 33.4 Å². The third-order valence-electron chi connectivity index (χ3n) is 3.18. The number of nitrogens with zero attached hydrogens (tertiary/aromatic N) is 3. The maximum atomic E-state index is 12.0. The molecule has 5 nitrogen and oxygen atoms in total. The van der Waals surface area contributed by atoms with E-state index in [1.807, 2.05) is 32.3 Å². The summed E-state index contributed by atoms with van der Waals surface area (Å²) < 4.78 is 1.70. The molecule has 0 unspecified atom stereocenters. The van der Waals surface area contributed by atoms with Gasteiger partial charge >= 0.3 is 0 Å². The first-order chi connectivity index (χ1) is 9.95. The molecule has 0 fully saturated rings. The molecule has 2 heterocycles. The fraction of sp³-hybridized carbons (Fsp3) is 0.400. The second-order valence-electron chi connectivity index (χ2n) is 5.11. The summed E-state index contributed by atoms with van der Waals surface area (Å²) in [4.78, 5) is 27.5. The number of thiophene rings is 1. The Hall–Kier alpha value is -1.95. The first kappa shape index (κ1) is 15.4. The number of carbonyl (C=O) groups is 2. The number of Topliss-reactive ketones (excluding diaryl/α,β-unsaturated/α-hetero) is 1. The van der Waals surface area contributed by atoms with Crippen molar-refractivity contribution in [1.29, 1.82) is 0 Å². The van der Waals surface area contributed by atoms with E-state index in [1.165, 1.54) is 11.3 Å². The van der Waals surface area contributed by atoms with Crippen LogP contribution in [0.3, 0.4) is 0 Å². The van der Waals surface area contributed by atoms with Crippen molar-refractivity contribution in [3.05, 3.63) is 39.8 Å². The van der Waals surface area contributed by atoms with Crippen LogP contribution in [0.2, 0.25) is 0 Å². The molecule has 0 aromatic carbocycles. The van der Waals surface area contributed by atoms with Gasteiger partial charge in [0.25, 0.3) is 0 Å². The summed E-state index contributed by atoms with van der Waals surface area (Å²) in [7, 11) is 3.59. The van der Waals surface area contributed by atoms with Crippen LogP contribution >= 0.6 is 11.3 Å². The summed E-state index contributed by atoms with van der Waals surface area (Å²) in [6.45, 7) is 2.48. The molecule has 0 atom stereocenters. The van der Waals surface area contributed by atoms with Crippen molar-refractivity contribution in [1.82, 2.24) is 14.7 Å². The summed E-state index contributed by atoms with van der Waals surface area (Å²) in [6.07, 6.45) is 4.12. The molecule has 0 aliphatic carbocycles. The zero-order valence-corrected chi connectivity index (χ0v) is 13.3. The predicted molar refractivity (Wildman–Crippen MR) is 82.3 cm³/mol. The number of ketones is 1. The predicted octanol–water partition coefficient (Wildman–Crippen LogP) is 2.41. The van der Waals surface area contributed by atoms with Gasteiger partial charge in [0, 0.05) is 50.1 Å². The molecule has 6 heteroatoms. The number of hydrogen-bond acceptors (Lipinski definition) is 4. The van der Waals surface area contributed by atoms with E-state index < -0.39 is 0 Å². The van der Waals surface area contributed by atoms with Crippen molar-refractivity contribution < 1.29 is 9.59 Å². The van der Waals surface area contributed by atoms with Crippen LogP contribution in [0.25, 0.3) is 0 Å². The highest BCUT2D eigenvalue weighted by atomic mass is 32.1. The minimum absolute atomic E-state index is 0.0273. The van der Waals surface area contributed by atoms with E-state index in [2.05, 4.69) is 5.10 Å². The van der Waals surface area contributed by atoms with Gasteiger partial charge < -0.3 is 4.90 Å². The zero-order valence-electron chi connectivity index (χ0n) is 12.5. The number of aryl methyl sites for hydroxylation is 2. The van der Waals surface area contributed by atoms with E-state index in [0.717, 1.165) is 15.3 Å². The summed E-state index contributed by atoms with van der Waals surface area (Å²) in [5.41, 5.74) is 0.980. The van der Waals surface area contributed by atoms with Crippen molar-refractivity contribution in [2.24, 2.45) is 7.05 Å². The van der Waals surface area contributed by atoms with Crippen LogP contribution in [-0.2, 0) is 18.4 Å². The van der Waals surface area contributed by atoms with Crippen LogP contribution in [0.5, 0.6) is 0 Å². The molecular formula is C15H19N3O2S. The van der Waals surface area contributed by atoms with Gasteiger partial charge in [-0.25, -0.2) is 0 Å². The Bertz CT molecular complexity index is 645. The Balaban J connectivity index is 1.82. The number of amides is 1. The zero-order chi connectivity index (χ0) is 15.4. The minimum atomic E-state index is -0.0273. The molecule has 2 aromatic rings. The highest BCUT2D eigenvalue weighted by molar-refractivity contribution is 7.14. The third kappa shape index (κ3) is 4.26. The molecule has 2 aromatic heterocycles. The van der Waals surface area contributed by atoms with Crippen molar-refractivity contribution in [3.63, 3.8) is 0 Å². The Kier molecular flexibility index (Phi) is 4.90. The second-order valence-corrected chi connectivity index (χ2v) is 6.39. The van der Waals surface area contributed by atoms with E-state index in [4.69, 9.17) is 0 Å². The van der Waals surface area contributed by atoms with Gasteiger partial charge in [0.2, 0.25) is 5.91 Å². The van der Waals surface area contributed by atoms with Gasteiger partial charge in [0.1, 0.15) is 0 Å².